The highest BCUT2D eigenvalue weighted by atomic mass is 16.2. The highest BCUT2D eigenvalue weighted by molar-refractivity contribution is 6.11. The van der Waals surface area contributed by atoms with Crippen LogP contribution in [0.1, 0.15) is 28.8 Å². The van der Waals surface area contributed by atoms with Crippen LogP contribution < -0.4 is 10.2 Å². The fraction of sp³-hybridized carbons (Fsp3) is 0.222. The lowest BCUT2D eigenvalue weighted by atomic mass is 10.0. The number of carbonyl (C=O) groups excluding carboxylic acids is 1. The lowest BCUT2D eigenvalue weighted by Crippen LogP contribution is -2.49. The van der Waals surface area contributed by atoms with E-state index in [0.29, 0.717) is 5.56 Å². The number of anilines is 1. The summed E-state index contributed by atoms with van der Waals surface area (Å²) in [7, 11) is 0. The van der Waals surface area contributed by atoms with Crippen molar-refractivity contribution in [3.8, 4) is 11.1 Å². The van der Waals surface area contributed by atoms with Gasteiger partial charge in [-0.1, -0.05) is 36.4 Å². The summed E-state index contributed by atoms with van der Waals surface area (Å²) in [6.07, 6.45) is 7.39. The van der Waals surface area contributed by atoms with E-state index in [9.17, 15) is 4.79 Å². The number of fused-ring (bicyclic) bond motifs is 1. The smallest absolute Gasteiger partial charge is 0.259 e. The van der Waals surface area contributed by atoms with E-state index in [-0.39, 0.29) is 11.9 Å². The molecule has 1 saturated heterocycles. The van der Waals surface area contributed by atoms with Gasteiger partial charge in [-0.05, 0) is 72.7 Å². The van der Waals surface area contributed by atoms with Gasteiger partial charge in [-0.2, -0.15) is 0 Å². The molecule has 5 nitrogen and oxygen atoms in total. The Bertz CT molecular complexity index is 1230. The van der Waals surface area contributed by atoms with Crippen LogP contribution in [0, 0.1) is 6.92 Å². The molecule has 2 aromatic carbocycles. The van der Waals surface area contributed by atoms with Crippen molar-refractivity contribution < 1.29 is 4.79 Å². The standard InChI is InChI=1S/C27H26N4O/c1-19-5-2-6-21-13-16-30-26(25(19)21)31(24-8-4-15-29-18-24)27(32)22-11-9-20(10-12-22)23-7-3-14-28-17-23/h2-3,5-7,9-14,16-17,24,29H,4,8,15,18H2,1H3. The summed E-state index contributed by atoms with van der Waals surface area (Å²) in [5.41, 5.74) is 3.86. The van der Waals surface area contributed by atoms with Crippen LogP contribution in [0.2, 0.25) is 0 Å². The van der Waals surface area contributed by atoms with Crippen LogP contribution in [-0.4, -0.2) is 35.0 Å². The number of aromatic nitrogens is 2. The molecule has 1 amide bonds. The molecule has 4 aromatic rings. The molecule has 32 heavy (non-hydrogen) atoms. The number of amides is 1. The fourth-order valence-electron chi connectivity index (χ4n) is 4.54. The predicted molar refractivity (Wildman–Crippen MR) is 129 cm³/mol. The van der Waals surface area contributed by atoms with Crippen LogP contribution >= 0.6 is 0 Å². The molecule has 2 aromatic heterocycles. The Morgan fingerprint density at radius 3 is 2.62 bits per heavy atom. The van der Waals surface area contributed by atoms with Gasteiger partial charge >= 0.3 is 0 Å². The van der Waals surface area contributed by atoms with Crippen molar-refractivity contribution in [1.29, 1.82) is 0 Å². The zero-order valence-electron chi connectivity index (χ0n) is 18.2. The third kappa shape index (κ3) is 3.87. The fourth-order valence-corrected chi connectivity index (χ4v) is 4.54. The first-order chi connectivity index (χ1) is 15.7. The highest BCUT2D eigenvalue weighted by Gasteiger charge is 2.30. The van der Waals surface area contributed by atoms with E-state index < -0.39 is 0 Å². The minimum Gasteiger partial charge on any atom is -0.315 e. The Hall–Kier alpha value is -3.57. The SMILES string of the molecule is Cc1cccc2ccnc(N(C(=O)c3ccc(-c4cccnc4)cc3)C3CCCNC3)c12. The number of hydrogen-bond acceptors (Lipinski definition) is 4. The summed E-state index contributed by atoms with van der Waals surface area (Å²) in [5, 5.41) is 5.60. The van der Waals surface area contributed by atoms with E-state index in [0.717, 1.165) is 59.2 Å². The zero-order valence-corrected chi connectivity index (χ0v) is 18.2. The molecular formula is C27H26N4O. The Morgan fingerprint density at radius 1 is 1.00 bits per heavy atom. The highest BCUT2D eigenvalue weighted by Crippen LogP contribution is 2.31. The number of pyridine rings is 2. The zero-order chi connectivity index (χ0) is 21.9. The minimum absolute atomic E-state index is 0.0142. The van der Waals surface area contributed by atoms with Crippen LogP contribution in [0.15, 0.2) is 79.3 Å². The van der Waals surface area contributed by atoms with Gasteiger partial charge in [-0.15, -0.1) is 0 Å². The number of carbonyl (C=O) groups is 1. The lowest BCUT2D eigenvalue weighted by Gasteiger charge is -2.35. The minimum atomic E-state index is -0.0142. The molecular weight excluding hydrogens is 396 g/mol. The van der Waals surface area contributed by atoms with Crippen LogP contribution in [0.4, 0.5) is 5.82 Å². The molecule has 5 rings (SSSR count). The van der Waals surface area contributed by atoms with E-state index >= 15 is 0 Å². The average Bonchev–Trinajstić information content (AvgIpc) is 2.86. The monoisotopic (exact) mass is 422 g/mol. The average molecular weight is 423 g/mol. The van der Waals surface area contributed by atoms with Crippen molar-refractivity contribution >= 4 is 22.5 Å². The van der Waals surface area contributed by atoms with Gasteiger partial charge in [-0.3, -0.25) is 14.7 Å². The van der Waals surface area contributed by atoms with Gasteiger partial charge in [0.2, 0.25) is 0 Å². The molecule has 1 unspecified atom stereocenters. The third-order valence-electron chi connectivity index (χ3n) is 6.19. The summed E-state index contributed by atoms with van der Waals surface area (Å²) < 4.78 is 0. The van der Waals surface area contributed by atoms with Crippen molar-refractivity contribution in [2.45, 2.75) is 25.8 Å². The molecule has 0 spiro atoms. The number of benzene rings is 2. The van der Waals surface area contributed by atoms with Crippen molar-refractivity contribution in [3.05, 3.63) is 90.4 Å². The second-order valence-electron chi connectivity index (χ2n) is 8.30. The molecule has 1 aliphatic rings. The number of nitrogens with one attached hydrogen (secondary N) is 1. The van der Waals surface area contributed by atoms with Crippen LogP contribution in [-0.2, 0) is 0 Å². The van der Waals surface area contributed by atoms with E-state index in [4.69, 9.17) is 4.98 Å². The largest absolute Gasteiger partial charge is 0.315 e. The maximum atomic E-state index is 13.9. The summed E-state index contributed by atoms with van der Waals surface area (Å²) in [4.78, 5) is 24.7. The van der Waals surface area contributed by atoms with E-state index in [2.05, 4.69) is 29.4 Å². The number of piperidine rings is 1. The number of nitrogens with zero attached hydrogens (tertiary/aromatic N) is 3. The van der Waals surface area contributed by atoms with Gasteiger partial charge in [0, 0.05) is 36.1 Å². The molecule has 0 saturated carbocycles. The first-order valence-corrected chi connectivity index (χ1v) is 11.1. The van der Waals surface area contributed by atoms with Gasteiger partial charge in [0.05, 0.1) is 6.04 Å². The van der Waals surface area contributed by atoms with Gasteiger partial charge < -0.3 is 5.32 Å². The van der Waals surface area contributed by atoms with Crippen molar-refractivity contribution in [2.24, 2.45) is 0 Å². The molecule has 0 aliphatic carbocycles. The maximum absolute atomic E-state index is 13.9. The second-order valence-corrected chi connectivity index (χ2v) is 8.30. The third-order valence-corrected chi connectivity index (χ3v) is 6.19. The molecule has 160 valence electrons. The maximum Gasteiger partial charge on any atom is 0.259 e. The molecule has 1 atom stereocenters. The normalized spacial score (nSPS) is 16.1. The molecule has 0 radical (unpaired) electrons. The molecule has 1 aliphatic heterocycles. The molecule has 3 heterocycles. The van der Waals surface area contributed by atoms with Crippen LogP contribution in [0.5, 0.6) is 0 Å². The Labute approximate surface area is 188 Å². The summed E-state index contributed by atoms with van der Waals surface area (Å²) in [5.74, 6) is 0.732. The van der Waals surface area contributed by atoms with Gasteiger partial charge in [0.15, 0.2) is 0 Å². The van der Waals surface area contributed by atoms with Gasteiger partial charge in [-0.25, -0.2) is 4.98 Å². The van der Waals surface area contributed by atoms with Crippen LogP contribution in [0.25, 0.3) is 21.9 Å². The predicted octanol–water partition coefficient (Wildman–Crippen LogP) is 5.00. The Balaban J connectivity index is 1.57. The van der Waals surface area contributed by atoms with Gasteiger partial charge in [0.1, 0.15) is 5.82 Å². The van der Waals surface area contributed by atoms with Crippen molar-refractivity contribution in [3.63, 3.8) is 0 Å². The Kier molecular flexibility index (Phi) is 5.65. The topological polar surface area (TPSA) is 58.1 Å². The molecule has 0 bridgehead atoms. The molecule has 1 N–H and O–H groups in total. The van der Waals surface area contributed by atoms with Crippen LogP contribution in [0.3, 0.4) is 0 Å². The quantitative estimate of drug-likeness (QED) is 0.503. The summed E-state index contributed by atoms with van der Waals surface area (Å²) in [6, 6.07) is 20.0. The molecule has 5 heteroatoms. The number of hydrogen-bond donors (Lipinski definition) is 1. The van der Waals surface area contributed by atoms with Crippen molar-refractivity contribution in [2.75, 3.05) is 18.0 Å². The van der Waals surface area contributed by atoms with E-state index in [1.807, 2.05) is 59.6 Å². The first kappa shape index (κ1) is 20.3. The second kappa shape index (κ2) is 8.89. The summed E-state index contributed by atoms with van der Waals surface area (Å²) in [6.45, 7) is 3.84. The first-order valence-electron chi connectivity index (χ1n) is 11.1. The number of aryl methyl sites for hydroxylation is 1. The Morgan fingerprint density at radius 2 is 1.88 bits per heavy atom. The van der Waals surface area contributed by atoms with Gasteiger partial charge in [0.25, 0.3) is 5.91 Å². The number of rotatable bonds is 4. The lowest BCUT2D eigenvalue weighted by molar-refractivity contribution is 0.0972. The van der Waals surface area contributed by atoms with Crippen molar-refractivity contribution in [1.82, 2.24) is 15.3 Å². The van der Waals surface area contributed by atoms with E-state index in [1.54, 1.807) is 12.4 Å². The summed E-state index contributed by atoms with van der Waals surface area (Å²) >= 11 is 0. The molecule has 1 fully saturated rings. The van der Waals surface area contributed by atoms with E-state index in [1.165, 1.54) is 0 Å².